The minimum atomic E-state index is -1.25. The number of likely N-dealkylation sites (N-methyl/N-ethyl adjacent to an activating group) is 1. The number of hydrogen-bond acceptors (Lipinski definition) is 7. The summed E-state index contributed by atoms with van der Waals surface area (Å²) in [6, 6.07) is 1.69. The van der Waals surface area contributed by atoms with Crippen molar-refractivity contribution < 1.29 is 24.0 Å². The highest BCUT2D eigenvalue weighted by Crippen LogP contribution is 2.59. The van der Waals surface area contributed by atoms with Crippen LogP contribution in [0.3, 0.4) is 0 Å². The number of nitrogens with zero attached hydrogens (tertiary/aromatic N) is 2. The number of pyridine rings is 1. The first kappa shape index (κ1) is 28.2. The third-order valence-corrected chi connectivity index (χ3v) is 8.52. The second kappa shape index (κ2) is 11.7. The molecule has 3 atom stereocenters. The second-order valence-corrected chi connectivity index (χ2v) is 11.4. The zero-order valence-electron chi connectivity index (χ0n) is 22.9. The number of H-pyrrole nitrogens is 1. The number of Topliss-reactive ketones (excluding diaryl/α,β-unsaturated/α-hetero) is 1. The summed E-state index contributed by atoms with van der Waals surface area (Å²) in [6.07, 6.45) is 9.12. The lowest BCUT2D eigenvalue weighted by molar-refractivity contribution is -0.138. The highest BCUT2D eigenvalue weighted by atomic mass is 16.2. The van der Waals surface area contributed by atoms with Crippen LogP contribution in [0.5, 0.6) is 0 Å². The first-order valence-corrected chi connectivity index (χ1v) is 14.1. The zero-order valence-corrected chi connectivity index (χ0v) is 22.9. The molecule has 4 fully saturated rings. The average Bonchev–Trinajstić information content (AvgIpc) is 3.62. The Balaban J connectivity index is 1.24. The van der Waals surface area contributed by atoms with E-state index in [1.54, 1.807) is 13.0 Å². The molecule has 4 amide bonds. The van der Waals surface area contributed by atoms with Gasteiger partial charge in [-0.3, -0.25) is 28.8 Å². The van der Waals surface area contributed by atoms with Crippen LogP contribution in [0, 0.1) is 17.8 Å². The number of aromatic amines is 1. The Hall–Kier alpha value is -4.29. The van der Waals surface area contributed by atoms with E-state index in [-0.39, 0.29) is 48.8 Å². The minimum Gasteiger partial charge on any atom is -0.350 e. The van der Waals surface area contributed by atoms with Gasteiger partial charge >= 0.3 is 0 Å². The van der Waals surface area contributed by atoms with Crippen molar-refractivity contribution in [3.8, 4) is 0 Å². The number of rotatable bonds is 12. The molecule has 5 N–H and O–H groups in total. The molecule has 4 saturated carbocycles. The fourth-order valence-electron chi connectivity index (χ4n) is 6.96. The molecular weight excluding hydrogens is 530 g/mol. The van der Waals surface area contributed by atoms with Crippen molar-refractivity contribution in [3.05, 3.63) is 46.9 Å². The SMILES string of the molecule is CCNC(=O)C(=O)CC[C@H](NC(=O)c1c[nH]cn1)C(=O)Nc1cccn(CC(=O)NC23CC4CC(C2)C(C4)C3)c1=O. The quantitative estimate of drug-likeness (QED) is 0.232. The third kappa shape index (κ3) is 6.23. The van der Waals surface area contributed by atoms with Crippen LogP contribution in [0.2, 0.25) is 0 Å². The fraction of sp³-hybridized carbons (Fsp3) is 0.536. The number of nitrogens with one attached hydrogen (secondary N) is 5. The van der Waals surface area contributed by atoms with Crippen molar-refractivity contribution in [2.75, 3.05) is 11.9 Å². The first-order valence-electron chi connectivity index (χ1n) is 14.1. The summed E-state index contributed by atoms with van der Waals surface area (Å²) in [7, 11) is 0. The van der Waals surface area contributed by atoms with Gasteiger partial charge in [-0.15, -0.1) is 0 Å². The van der Waals surface area contributed by atoms with E-state index in [1.807, 2.05) is 0 Å². The van der Waals surface area contributed by atoms with Crippen LogP contribution in [0.4, 0.5) is 5.69 Å². The molecule has 13 nitrogen and oxygen atoms in total. The molecule has 13 heteroatoms. The van der Waals surface area contributed by atoms with Gasteiger partial charge in [0.05, 0.1) is 6.33 Å². The Labute approximate surface area is 236 Å². The number of anilines is 1. The standard InChI is InChI=1S/C28H35N7O6/c1-2-30-26(40)22(36)6-5-19(32-25(39)21-13-29-15-31-21)24(38)33-20-4-3-7-35(27(20)41)14-23(37)34-28-10-16-8-17(11-28)18(9-16)12-28/h3-4,7,13,15-19H,2,5-6,8-12,14H2,1H3,(H,29,31)(H,30,40)(H,32,39)(H,33,38)(H,34,37)/t16?,17?,18?,19-,28?/m0/s1. The zero-order chi connectivity index (χ0) is 29.1. The van der Waals surface area contributed by atoms with Crippen molar-refractivity contribution in [1.82, 2.24) is 30.5 Å². The predicted octanol–water partition coefficient (Wildman–Crippen LogP) is 0.489. The van der Waals surface area contributed by atoms with E-state index in [4.69, 9.17) is 0 Å². The topological polar surface area (TPSA) is 184 Å². The van der Waals surface area contributed by atoms with Crippen molar-refractivity contribution >= 4 is 35.1 Å². The van der Waals surface area contributed by atoms with Gasteiger partial charge in [0.2, 0.25) is 17.6 Å². The van der Waals surface area contributed by atoms with E-state index in [1.165, 1.54) is 42.2 Å². The highest BCUT2D eigenvalue weighted by Gasteiger charge is 2.56. The lowest BCUT2D eigenvalue weighted by atomic mass is 9.76. The van der Waals surface area contributed by atoms with Crippen molar-refractivity contribution in [1.29, 1.82) is 0 Å². The van der Waals surface area contributed by atoms with Crippen LogP contribution in [-0.2, 0) is 25.7 Å². The molecule has 4 aliphatic rings. The van der Waals surface area contributed by atoms with Crippen molar-refractivity contribution in [3.63, 3.8) is 0 Å². The van der Waals surface area contributed by atoms with E-state index in [0.717, 1.165) is 19.3 Å². The Bertz CT molecular complexity index is 1380. The number of imidazole rings is 1. The molecule has 6 rings (SSSR count). The number of carbonyl (C=O) groups excluding carboxylic acids is 5. The van der Waals surface area contributed by atoms with Crippen LogP contribution in [0.25, 0.3) is 0 Å². The van der Waals surface area contributed by atoms with Crippen LogP contribution in [-0.4, -0.2) is 62.1 Å². The smallest absolute Gasteiger partial charge is 0.287 e. The maximum Gasteiger partial charge on any atom is 0.287 e. The molecule has 2 heterocycles. The number of carbonyl (C=O) groups is 5. The second-order valence-electron chi connectivity index (χ2n) is 11.4. The molecule has 2 aromatic heterocycles. The number of hydrogen-bond donors (Lipinski definition) is 5. The Morgan fingerprint density at radius 2 is 1.90 bits per heavy atom. The maximum absolute atomic E-state index is 13.2. The fourth-order valence-corrected chi connectivity index (χ4v) is 6.96. The largest absolute Gasteiger partial charge is 0.350 e. The summed E-state index contributed by atoms with van der Waals surface area (Å²) in [5.41, 5.74) is -0.819. The normalized spacial score (nSPS) is 24.5. The van der Waals surface area contributed by atoms with Gasteiger partial charge in [-0.05, 0) is 75.3 Å². The summed E-state index contributed by atoms with van der Waals surface area (Å²) in [5.74, 6) is -1.15. The lowest BCUT2D eigenvalue weighted by Crippen LogP contribution is -2.51. The van der Waals surface area contributed by atoms with Crippen molar-refractivity contribution in [2.45, 2.75) is 70.0 Å². The van der Waals surface area contributed by atoms with Gasteiger partial charge < -0.3 is 30.8 Å². The summed E-state index contributed by atoms with van der Waals surface area (Å²) in [4.78, 5) is 82.5. The predicted molar refractivity (Wildman–Crippen MR) is 147 cm³/mol. The molecule has 2 aromatic rings. The van der Waals surface area contributed by atoms with E-state index in [0.29, 0.717) is 17.8 Å². The van der Waals surface area contributed by atoms with Crippen LogP contribution in [0.15, 0.2) is 35.6 Å². The highest BCUT2D eigenvalue weighted by molar-refractivity contribution is 6.36. The number of ketones is 1. The molecule has 0 aromatic carbocycles. The van der Waals surface area contributed by atoms with Gasteiger partial charge in [-0.1, -0.05) is 0 Å². The van der Waals surface area contributed by atoms with Crippen molar-refractivity contribution in [2.24, 2.45) is 17.8 Å². The third-order valence-electron chi connectivity index (χ3n) is 8.52. The van der Waals surface area contributed by atoms with E-state index >= 15 is 0 Å². The average molecular weight is 566 g/mol. The van der Waals surface area contributed by atoms with Gasteiger partial charge in [-0.2, -0.15) is 0 Å². The molecule has 41 heavy (non-hydrogen) atoms. The van der Waals surface area contributed by atoms with E-state index in [2.05, 4.69) is 31.2 Å². The maximum atomic E-state index is 13.2. The van der Waals surface area contributed by atoms with Gasteiger partial charge in [0, 0.05) is 30.9 Å². The molecule has 4 bridgehead atoms. The van der Waals surface area contributed by atoms with E-state index in [9.17, 15) is 28.8 Å². The van der Waals surface area contributed by atoms with Gasteiger partial charge in [0.15, 0.2) is 0 Å². The summed E-state index contributed by atoms with van der Waals surface area (Å²) >= 11 is 0. The number of aromatic nitrogens is 3. The lowest BCUT2D eigenvalue weighted by Gasteiger charge is -2.39. The van der Waals surface area contributed by atoms with Crippen LogP contribution < -0.4 is 26.8 Å². The Kier molecular flexibility index (Phi) is 8.04. The molecule has 2 unspecified atom stereocenters. The molecule has 0 aliphatic heterocycles. The molecule has 0 saturated heterocycles. The van der Waals surface area contributed by atoms with Crippen LogP contribution in [0.1, 0.15) is 62.4 Å². The van der Waals surface area contributed by atoms with Gasteiger partial charge in [0.25, 0.3) is 17.4 Å². The molecular formula is C28H35N7O6. The minimum absolute atomic E-state index is 0.0225. The van der Waals surface area contributed by atoms with Gasteiger partial charge in [-0.25, -0.2) is 4.98 Å². The first-order chi connectivity index (χ1) is 19.7. The Morgan fingerprint density at radius 3 is 2.56 bits per heavy atom. The molecule has 0 radical (unpaired) electrons. The van der Waals surface area contributed by atoms with Crippen LogP contribution >= 0.6 is 0 Å². The molecule has 0 spiro atoms. The summed E-state index contributed by atoms with van der Waals surface area (Å²) in [6.45, 7) is 1.75. The Morgan fingerprint density at radius 1 is 1.15 bits per heavy atom. The summed E-state index contributed by atoms with van der Waals surface area (Å²) in [5, 5.41) is 10.6. The number of amides is 4. The van der Waals surface area contributed by atoms with Gasteiger partial charge in [0.1, 0.15) is 24.0 Å². The molecule has 4 aliphatic carbocycles. The monoisotopic (exact) mass is 565 g/mol. The summed E-state index contributed by atoms with van der Waals surface area (Å²) < 4.78 is 1.23. The van der Waals surface area contributed by atoms with E-state index < -0.39 is 35.1 Å². The molecule has 218 valence electrons.